The Labute approximate surface area is 151 Å². The van der Waals surface area contributed by atoms with E-state index in [0.717, 1.165) is 45.2 Å². The number of benzene rings is 2. The molecule has 130 valence electrons. The average Bonchev–Trinajstić information content (AvgIpc) is 3.30. The second-order valence-electron chi connectivity index (χ2n) is 7.32. The van der Waals surface area contributed by atoms with Crippen LogP contribution in [0.4, 0.5) is 4.39 Å². The van der Waals surface area contributed by atoms with Crippen LogP contribution in [0.15, 0.2) is 59.1 Å². The summed E-state index contributed by atoms with van der Waals surface area (Å²) in [7, 11) is 0. The molecule has 0 saturated heterocycles. The monoisotopic (exact) mass is 345 g/mol. The fraction of sp³-hybridized carbons (Fsp3) is 0.261. The molecule has 26 heavy (non-hydrogen) atoms. The molecule has 1 aliphatic rings. The maximum Gasteiger partial charge on any atom is 0.144 e. The number of furan rings is 1. The molecule has 1 fully saturated rings. The first-order valence-electron chi connectivity index (χ1n) is 9.34. The topological polar surface area (TPSA) is 26.0 Å². The quantitative estimate of drug-likeness (QED) is 0.422. The van der Waals surface area contributed by atoms with Gasteiger partial charge >= 0.3 is 0 Å². The Kier molecular flexibility index (Phi) is 3.74. The normalized spacial score (nSPS) is 15.3. The van der Waals surface area contributed by atoms with E-state index >= 15 is 0 Å². The van der Waals surface area contributed by atoms with Gasteiger partial charge in [0.2, 0.25) is 0 Å². The standard InChI is InChI=1S/C23H20FNO/c24-20-14-25-21(13-17(20)11-15-5-1-2-6-15)16-9-10-23-19(12-16)18-7-3-4-8-22(18)26-23/h3-4,7-10,12-15H,1-2,5-6,11H2. The van der Waals surface area contributed by atoms with E-state index in [9.17, 15) is 4.39 Å². The summed E-state index contributed by atoms with van der Waals surface area (Å²) in [6.45, 7) is 0. The Morgan fingerprint density at radius 3 is 2.65 bits per heavy atom. The van der Waals surface area contributed by atoms with E-state index in [4.69, 9.17) is 4.42 Å². The van der Waals surface area contributed by atoms with Gasteiger partial charge in [0.1, 0.15) is 17.0 Å². The molecule has 1 saturated carbocycles. The predicted octanol–water partition coefficient (Wildman–Crippen LogP) is 6.52. The molecule has 4 aromatic rings. The van der Waals surface area contributed by atoms with Crippen molar-refractivity contribution in [2.24, 2.45) is 5.92 Å². The van der Waals surface area contributed by atoms with Crippen LogP contribution in [0.25, 0.3) is 33.2 Å². The number of hydrogen-bond donors (Lipinski definition) is 0. The van der Waals surface area contributed by atoms with Crippen molar-refractivity contribution >= 4 is 21.9 Å². The molecule has 5 rings (SSSR count). The van der Waals surface area contributed by atoms with Crippen LogP contribution in [0.5, 0.6) is 0 Å². The zero-order valence-corrected chi connectivity index (χ0v) is 14.5. The van der Waals surface area contributed by atoms with Gasteiger partial charge in [0, 0.05) is 16.3 Å². The van der Waals surface area contributed by atoms with Crippen LogP contribution < -0.4 is 0 Å². The lowest BCUT2D eigenvalue weighted by Gasteiger charge is -2.11. The van der Waals surface area contributed by atoms with Crippen LogP contribution in [0.2, 0.25) is 0 Å². The summed E-state index contributed by atoms with van der Waals surface area (Å²) >= 11 is 0. The zero-order valence-electron chi connectivity index (χ0n) is 14.5. The number of nitrogens with zero attached hydrogens (tertiary/aromatic N) is 1. The van der Waals surface area contributed by atoms with Crippen LogP contribution >= 0.6 is 0 Å². The lowest BCUT2D eigenvalue weighted by molar-refractivity contribution is 0.519. The molecule has 2 nitrogen and oxygen atoms in total. The molecule has 0 unspecified atom stereocenters. The van der Waals surface area contributed by atoms with Gasteiger partial charge in [-0.05, 0) is 48.2 Å². The Morgan fingerprint density at radius 1 is 0.962 bits per heavy atom. The van der Waals surface area contributed by atoms with Crippen molar-refractivity contribution in [3.05, 3.63) is 66.1 Å². The maximum absolute atomic E-state index is 14.3. The third kappa shape index (κ3) is 2.68. The van der Waals surface area contributed by atoms with E-state index in [1.165, 1.54) is 31.9 Å². The predicted molar refractivity (Wildman–Crippen MR) is 103 cm³/mol. The summed E-state index contributed by atoms with van der Waals surface area (Å²) < 4.78 is 20.2. The Morgan fingerprint density at radius 2 is 1.77 bits per heavy atom. The molecule has 2 heterocycles. The number of rotatable bonds is 3. The first kappa shape index (κ1) is 15.6. The molecule has 0 spiro atoms. The molecule has 0 bridgehead atoms. The van der Waals surface area contributed by atoms with Crippen LogP contribution in [-0.2, 0) is 6.42 Å². The summed E-state index contributed by atoms with van der Waals surface area (Å²) in [5.41, 5.74) is 4.36. The van der Waals surface area contributed by atoms with Gasteiger partial charge in [0.15, 0.2) is 0 Å². The molecule has 0 radical (unpaired) electrons. The molecule has 0 aliphatic heterocycles. The first-order valence-corrected chi connectivity index (χ1v) is 9.34. The number of hydrogen-bond acceptors (Lipinski definition) is 2. The van der Waals surface area contributed by atoms with Gasteiger partial charge in [0.05, 0.1) is 11.9 Å². The minimum Gasteiger partial charge on any atom is -0.456 e. The highest BCUT2D eigenvalue weighted by atomic mass is 19.1. The maximum atomic E-state index is 14.3. The number of para-hydroxylation sites is 1. The summed E-state index contributed by atoms with van der Waals surface area (Å²) in [4.78, 5) is 4.35. The number of halogens is 1. The Bertz CT molecular complexity index is 1090. The molecule has 2 aromatic carbocycles. The first-order chi connectivity index (χ1) is 12.8. The SMILES string of the molecule is Fc1cnc(-c2ccc3oc4ccccc4c3c2)cc1CC1CCCC1. The summed E-state index contributed by atoms with van der Waals surface area (Å²) in [6.07, 6.45) is 7.16. The van der Waals surface area contributed by atoms with Gasteiger partial charge in [-0.15, -0.1) is 0 Å². The minimum absolute atomic E-state index is 0.185. The van der Waals surface area contributed by atoms with Gasteiger partial charge in [-0.2, -0.15) is 0 Å². The zero-order chi connectivity index (χ0) is 17.5. The molecule has 0 amide bonds. The number of aromatic nitrogens is 1. The third-order valence-corrected chi connectivity index (χ3v) is 5.59. The van der Waals surface area contributed by atoms with Gasteiger partial charge in [-0.1, -0.05) is 43.9 Å². The van der Waals surface area contributed by atoms with Crippen LogP contribution in [0.3, 0.4) is 0 Å². The molecule has 1 aliphatic carbocycles. The van der Waals surface area contributed by atoms with Crippen molar-refractivity contribution in [2.45, 2.75) is 32.1 Å². The molecule has 2 aromatic heterocycles. The van der Waals surface area contributed by atoms with Crippen molar-refractivity contribution in [3.63, 3.8) is 0 Å². The van der Waals surface area contributed by atoms with Gasteiger partial charge in [0.25, 0.3) is 0 Å². The molecule has 0 N–H and O–H groups in total. The summed E-state index contributed by atoms with van der Waals surface area (Å²) in [5.74, 6) is 0.426. The van der Waals surface area contributed by atoms with Crippen LogP contribution in [0, 0.1) is 11.7 Å². The van der Waals surface area contributed by atoms with Gasteiger partial charge in [-0.3, -0.25) is 4.98 Å². The second kappa shape index (κ2) is 6.24. The number of pyridine rings is 1. The smallest absolute Gasteiger partial charge is 0.144 e. The third-order valence-electron chi connectivity index (χ3n) is 5.59. The number of fused-ring (bicyclic) bond motifs is 3. The highest BCUT2D eigenvalue weighted by Gasteiger charge is 2.18. The van der Waals surface area contributed by atoms with Crippen molar-refractivity contribution in [1.29, 1.82) is 0 Å². The van der Waals surface area contributed by atoms with E-state index in [1.54, 1.807) is 0 Å². The van der Waals surface area contributed by atoms with Gasteiger partial charge < -0.3 is 4.42 Å². The summed E-state index contributed by atoms with van der Waals surface area (Å²) in [5, 5.41) is 2.17. The second-order valence-corrected chi connectivity index (χ2v) is 7.32. The Balaban J connectivity index is 1.57. The largest absolute Gasteiger partial charge is 0.456 e. The molecular formula is C23H20FNO. The van der Waals surface area contributed by atoms with Crippen LogP contribution in [-0.4, -0.2) is 4.98 Å². The van der Waals surface area contributed by atoms with E-state index in [1.807, 2.05) is 36.4 Å². The Hall–Kier alpha value is -2.68. The molecule has 3 heteroatoms. The van der Waals surface area contributed by atoms with Crippen molar-refractivity contribution in [2.75, 3.05) is 0 Å². The molecule has 0 atom stereocenters. The fourth-order valence-corrected chi connectivity index (χ4v) is 4.21. The van der Waals surface area contributed by atoms with Gasteiger partial charge in [-0.25, -0.2) is 4.39 Å². The lowest BCUT2D eigenvalue weighted by Crippen LogP contribution is -2.02. The van der Waals surface area contributed by atoms with Crippen molar-refractivity contribution < 1.29 is 8.81 Å². The van der Waals surface area contributed by atoms with E-state index in [0.29, 0.717) is 5.92 Å². The van der Waals surface area contributed by atoms with Crippen molar-refractivity contribution in [1.82, 2.24) is 4.98 Å². The van der Waals surface area contributed by atoms with Crippen LogP contribution in [0.1, 0.15) is 31.2 Å². The van der Waals surface area contributed by atoms with E-state index in [2.05, 4.69) is 17.1 Å². The van der Waals surface area contributed by atoms with E-state index < -0.39 is 0 Å². The lowest BCUT2D eigenvalue weighted by atomic mass is 9.97. The highest BCUT2D eigenvalue weighted by Crippen LogP contribution is 2.33. The average molecular weight is 345 g/mol. The summed E-state index contributed by atoms with van der Waals surface area (Å²) in [6, 6.07) is 16.0. The van der Waals surface area contributed by atoms with E-state index in [-0.39, 0.29) is 5.82 Å². The van der Waals surface area contributed by atoms with Crippen molar-refractivity contribution in [3.8, 4) is 11.3 Å². The minimum atomic E-state index is -0.185. The highest BCUT2D eigenvalue weighted by molar-refractivity contribution is 6.06. The fourth-order valence-electron chi connectivity index (χ4n) is 4.21. The molecular weight excluding hydrogens is 325 g/mol.